The fraction of sp³-hybridized carbons (Fsp3) is 0.917. The first-order valence-electron chi connectivity index (χ1n) is 6.16. The molecule has 0 spiro atoms. The van der Waals surface area contributed by atoms with Gasteiger partial charge in [-0.3, -0.25) is 4.79 Å². The lowest BCUT2D eigenvalue weighted by Crippen LogP contribution is -2.55. The van der Waals surface area contributed by atoms with Crippen molar-refractivity contribution in [2.24, 2.45) is 5.41 Å². The normalized spacial score (nSPS) is 25.8. The van der Waals surface area contributed by atoms with Crippen LogP contribution in [0.5, 0.6) is 0 Å². The quantitative estimate of drug-likeness (QED) is 0.647. The van der Waals surface area contributed by atoms with Crippen molar-refractivity contribution in [2.75, 3.05) is 19.7 Å². The van der Waals surface area contributed by atoms with Gasteiger partial charge in [0.15, 0.2) is 0 Å². The summed E-state index contributed by atoms with van der Waals surface area (Å²) in [5.41, 5.74) is -0.757. The van der Waals surface area contributed by atoms with Gasteiger partial charge < -0.3 is 15.7 Å². The lowest BCUT2D eigenvalue weighted by molar-refractivity contribution is -0.132. The summed E-state index contributed by atoms with van der Waals surface area (Å²) >= 11 is 0. The molecule has 3 N–H and O–H groups in total. The fourth-order valence-corrected chi connectivity index (χ4v) is 2.09. The molecule has 1 saturated heterocycles. The summed E-state index contributed by atoms with van der Waals surface area (Å²) < 4.78 is 0. The second-order valence-electron chi connectivity index (χ2n) is 5.09. The van der Waals surface area contributed by atoms with E-state index in [1.54, 1.807) is 0 Å². The number of hydrogen-bond acceptors (Lipinski definition) is 3. The van der Waals surface area contributed by atoms with E-state index in [2.05, 4.69) is 10.6 Å². The molecular formula is C12H24N2O2. The molecule has 1 heterocycles. The maximum absolute atomic E-state index is 12.2. The molecule has 0 aromatic rings. The van der Waals surface area contributed by atoms with Gasteiger partial charge in [0.25, 0.3) is 0 Å². The minimum Gasteiger partial charge on any atom is -0.394 e. The smallest absolute Gasteiger partial charge is 0.227 e. The molecule has 1 aliphatic rings. The third kappa shape index (κ3) is 2.55. The zero-order chi connectivity index (χ0) is 12.2. The molecule has 0 radical (unpaired) electrons. The second-order valence-corrected chi connectivity index (χ2v) is 5.09. The Kier molecular flexibility index (Phi) is 4.33. The second kappa shape index (κ2) is 5.15. The number of carbonyl (C=O) groups is 1. The molecule has 1 fully saturated rings. The molecule has 0 bridgehead atoms. The number of hydrogen-bond donors (Lipinski definition) is 3. The first kappa shape index (κ1) is 13.5. The van der Waals surface area contributed by atoms with Gasteiger partial charge in [0.2, 0.25) is 5.91 Å². The number of aliphatic hydroxyl groups excluding tert-OH is 1. The van der Waals surface area contributed by atoms with E-state index in [4.69, 9.17) is 0 Å². The van der Waals surface area contributed by atoms with Gasteiger partial charge in [-0.05, 0) is 32.7 Å². The van der Waals surface area contributed by atoms with Gasteiger partial charge in [0.1, 0.15) is 0 Å². The van der Waals surface area contributed by atoms with E-state index in [-0.39, 0.29) is 17.9 Å². The van der Waals surface area contributed by atoms with E-state index < -0.39 is 5.54 Å². The van der Waals surface area contributed by atoms with Crippen molar-refractivity contribution in [1.82, 2.24) is 10.6 Å². The Morgan fingerprint density at radius 3 is 2.50 bits per heavy atom. The molecule has 0 aliphatic carbocycles. The fourth-order valence-electron chi connectivity index (χ4n) is 2.09. The van der Waals surface area contributed by atoms with Crippen LogP contribution in [0, 0.1) is 5.41 Å². The van der Waals surface area contributed by atoms with Crippen molar-refractivity contribution < 1.29 is 9.90 Å². The van der Waals surface area contributed by atoms with Crippen LogP contribution in [-0.4, -0.2) is 36.2 Å². The number of amides is 1. The summed E-state index contributed by atoms with van der Waals surface area (Å²) in [6, 6.07) is 0. The summed E-state index contributed by atoms with van der Waals surface area (Å²) in [6.07, 6.45) is 2.39. The lowest BCUT2D eigenvalue weighted by Gasteiger charge is -2.34. The molecule has 0 saturated carbocycles. The van der Waals surface area contributed by atoms with Gasteiger partial charge in [-0.15, -0.1) is 0 Å². The summed E-state index contributed by atoms with van der Waals surface area (Å²) in [6.45, 7) is 7.61. The lowest BCUT2D eigenvalue weighted by atomic mass is 9.85. The van der Waals surface area contributed by atoms with Crippen molar-refractivity contribution in [1.29, 1.82) is 0 Å². The Bertz CT molecular complexity index is 235. The first-order chi connectivity index (χ1) is 7.52. The van der Waals surface area contributed by atoms with E-state index in [9.17, 15) is 9.90 Å². The molecule has 1 unspecified atom stereocenters. The van der Waals surface area contributed by atoms with Crippen molar-refractivity contribution in [3.8, 4) is 0 Å². The van der Waals surface area contributed by atoms with Crippen LogP contribution in [0.25, 0.3) is 0 Å². The van der Waals surface area contributed by atoms with Crippen LogP contribution in [0.15, 0.2) is 0 Å². The van der Waals surface area contributed by atoms with Gasteiger partial charge in [-0.25, -0.2) is 0 Å². The van der Waals surface area contributed by atoms with E-state index in [0.717, 1.165) is 32.4 Å². The highest BCUT2D eigenvalue weighted by atomic mass is 16.3. The van der Waals surface area contributed by atoms with E-state index in [1.807, 2.05) is 20.8 Å². The maximum Gasteiger partial charge on any atom is 0.227 e. The number of nitrogens with one attached hydrogen (secondary N) is 2. The molecule has 1 rings (SSSR count). The van der Waals surface area contributed by atoms with E-state index >= 15 is 0 Å². The van der Waals surface area contributed by atoms with Crippen LogP contribution in [0.3, 0.4) is 0 Å². The Morgan fingerprint density at radius 2 is 2.12 bits per heavy atom. The van der Waals surface area contributed by atoms with Gasteiger partial charge in [-0.2, -0.15) is 0 Å². The van der Waals surface area contributed by atoms with Gasteiger partial charge in [0.05, 0.1) is 17.6 Å². The Labute approximate surface area is 97.8 Å². The monoisotopic (exact) mass is 228 g/mol. The third-order valence-corrected chi connectivity index (χ3v) is 3.95. The van der Waals surface area contributed by atoms with Crippen LogP contribution >= 0.6 is 0 Å². The van der Waals surface area contributed by atoms with Crippen LogP contribution in [-0.2, 0) is 4.79 Å². The van der Waals surface area contributed by atoms with E-state index in [1.165, 1.54) is 0 Å². The maximum atomic E-state index is 12.2. The number of rotatable bonds is 5. The zero-order valence-electron chi connectivity index (χ0n) is 10.6. The largest absolute Gasteiger partial charge is 0.394 e. The molecular weight excluding hydrogens is 204 g/mol. The Balaban J connectivity index is 2.68. The average Bonchev–Trinajstić information content (AvgIpc) is 2.74. The Morgan fingerprint density at radius 1 is 1.50 bits per heavy atom. The number of carbonyl (C=O) groups excluding carboxylic acids is 1. The van der Waals surface area contributed by atoms with Crippen LogP contribution in [0.4, 0.5) is 0 Å². The van der Waals surface area contributed by atoms with Crippen molar-refractivity contribution in [2.45, 2.75) is 45.6 Å². The molecule has 16 heavy (non-hydrogen) atoms. The molecule has 0 aromatic heterocycles. The summed E-state index contributed by atoms with van der Waals surface area (Å²) in [5.74, 6) is 0.0650. The average molecular weight is 228 g/mol. The van der Waals surface area contributed by atoms with Crippen LogP contribution in [0.2, 0.25) is 0 Å². The third-order valence-electron chi connectivity index (χ3n) is 3.95. The highest BCUT2D eigenvalue weighted by Crippen LogP contribution is 2.26. The zero-order valence-corrected chi connectivity index (χ0v) is 10.6. The highest BCUT2D eigenvalue weighted by molar-refractivity contribution is 5.83. The molecule has 4 heteroatoms. The molecule has 1 atom stereocenters. The minimum atomic E-state index is -0.442. The minimum absolute atomic E-state index is 0.00918. The number of aliphatic hydroxyl groups is 1. The predicted octanol–water partition coefficient (Wildman–Crippen LogP) is 0.653. The van der Waals surface area contributed by atoms with Gasteiger partial charge >= 0.3 is 0 Å². The molecule has 94 valence electrons. The van der Waals surface area contributed by atoms with Gasteiger partial charge in [-0.1, -0.05) is 13.8 Å². The summed E-state index contributed by atoms with van der Waals surface area (Å²) in [7, 11) is 0. The summed E-state index contributed by atoms with van der Waals surface area (Å²) in [4.78, 5) is 12.2. The van der Waals surface area contributed by atoms with Crippen molar-refractivity contribution in [3.63, 3.8) is 0 Å². The van der Waals surface area contributed by atoms with E-state index in [0.29, 0.717) is 0 Å². The summed E-state index contributed by atoms with van der Waals surface area (Å²) in [5, 5.41) is 15.7. The van der Waals surface area contributed by atoms with Crippen LogP contribution < -0.4 is 10.6 Å². The SMILES string of the molecule is CCC(CC)(CO)NC(=O)C1(C)CCNC1. The molecule has 1 amide bonds. The topological polar surface area (TPSA) is 61.4 Å². The Hall–Kier alpha value is -0.610. The van der Waals surface area contributed by atoms with Crippen LogP contribution in [0.1, 0.15) is 40.0 Å². The molecule has 1 aliphatic heterocycles. The van der Waals surface area contributed by atoms with Gasteiger partial charge in [0, 0.05) is 6.54 Å². The highest BCUT2D eigenvalue weighted by Gasteiger charge is 2.39. The van der Waals surface area contributed by atoms with Crippen molar-refractivity contribution in [3.05, 3.63) is 0 Å². The molecule has 4 nitrogen and oxygen atoms in total. The van der Waals surface area contributed by atoms with Crippen molar-refractivity contribution >= 4 is 5.91 Å². The molecule has 0 aromatic carbocycles. The standard InChI is InChI=1S/C12H24N2O2/c1-4-12(5-2,9-15)14-10(16)11(3)6-7-13-8-11/h13,15H,4-9H2,1-3H3,(H,14,16). The first-order valence-corrected chi connectivity index (χ1v) is 6.16. The predicted molar refractivity (Wildman–Crippen MR) is 64.1 cm³/mol.